The maximum atomic E-state index is 13.1. The van der Waals surface area contributed by atoms with Crippen LogP contribution in [-0.4, -0.2) is 43.4 Å². The van der Waals surface area contributed by atoms with E-state index in [0.717, 1.165) is 30.9 Å². The Morgan fingerprint density at radius 3 is 2.91 bits per heavy atom. The van der Waals surface area contributed by atoms with Crippen molar-refractivity contribution in [3.63, 3.8) is 0 Å². The van der Waals surface area contributed by atoms with E-state index >= 15 is 0 Å². The molecule has 1 aliphatic rings. The Morgan fingerprint density at radius 1 is 1.12 bits per heavy atom. The number of pyridine rings is 1. The van der Waals surface area contributed by atoms with Crippen LogP contribution in [0.15, 0.2) is 67.1 Å². The van der Waals surface area contributed by atoms with Crippen LogP contribution < -0.4 is 5.32 Å². The van der Waals surface area contributed by atoms with Gasteiger partial charge in [-0.25, -0.2) is 9.97 Å². The predicted octanol–water partition coefficient (Wildman–Crippen LogP) is 4.67. The Hall–Kier alpha value is -3.74. The Labute approximate surface area is 193 Å². The maximum absolute atomic E-state index is 13.1. The van der Waals surface area contributed by atoms with E-state index in [9.17, 15) is 4.79 Å². The van der Waals surface area contributed by atoms with Crippen molar-refractivity contribution in [1.29, 1.82) is 0 Å². The highest BCUT2D eigenvalue weighted by Crippen LogP contribution is 2.27. The molecule has 0 bridgehead atoms. The molecule has 5 rings (SSSR count). The fourth-order valence-corrected chi connectivity index (χ4v) is 4.70. The number of nitrogens with zero attached hydrogens (tertiary/aromatic N) is 5. The number of benzene rings is 1. The zero-order chi connectivity index (χ0) is 22.6. The number of carbonyl (C=O) groups is 1. The number of piperidine rings is 1. The highest BCUT2D eigenvalue weighted by molar-refractivity contribution is 5.82. The lowest BCUT2D eigenvalue weighted by molar-refractivity contribution is -0.132. The Bertz CT molecular complexity index is 1250. The summed E-state index contributed by atoms with van der Waals surface area (Å²) < 4.78 is 2.25. The van der Waals surface area contributed by atoms with Crippen molar-refractivity contribution in [2.24, 2.45) is 0 Å². The summed E-state index contributed by atoms with van der Waals surface area (Å²) in [4.78, 5) is 28.2. The summed E-state index contributed by atoms with van der Waals surface area (Å²) in [5, 5.41) is 4.43. The van der Waals surface area contributed by atoms with Crippen LogP contribution in [0.4, 0.5) is 11.6 Å². The first-order valence-electron chi connectivity index (χ1n) is 11.5. The molecule has 1 unspecified atom stereocenters. The molecule has 1 aliphatic heterocycles. The molecule has 1 saturated heterocycles. The molecule has 4 aromatic rings. The molecule has 4 heterocycles. The zero-order valence-electron chi connectivity index (χ0n) is 18.8. The Balaban J connectivity index is 1.24. The molecule has 33 heavy (non-hydrogen) atoms. The fraction of sp³-hybridized carbons (Fsp3) is 0.308. The summed E-state index contributed by atoms with van der Waals surface area (Å²) in [6.07, 6.45) is 7.49. The van der Waals surface area contributed by atoms with Crippen LogP contribution in [0.3, 0.4) is 0 Å². The molecular formula is C26H28N6O. The Kier molecular flexibility index (Phi) is 6.02. The number of aryl methyl sites for hydroxylation is 2. The third kappa shape index (κ3) is 4.72. The van der Waals surface area contributed by atoms with Crippen molar-refractivity contribution in [2.75, 3.05) is 18.4 Å². The van der Waals surface area contributed by atoms with Gasteiger partial charge in [0, 0.05) is 61.3 Å². The van der Waals surface area contributed by atoms with Gasteiger partial charge in [-0.15, -0.1) is 0 Å². The average molecular weight is 441 g/mol. The number of hydrogen-bond acceptors (Lipinski definition) is 5. The van der Waals surface area contributed by atoms with Crippen LogP contribution in [0.5, 0.6) is 0 Å². The van der Waals surface area contributed by atoms with Crippen molar-refractivity contribution in [3.8, 4) is 0 Å². The lowest BCUT2D eigenvalue weighted by atomic mass is 9.94. The number of nitrogens with one attached hydrogen (secondary N) is 1. The normalized spacial score (nSPS) is 16.2. The largest absolute Gasteiger partial charge is 0.344 e. The lowest BCUT2D eigenvalue weighted by Gasteiger charge is -2.33. The monoisotopic (exact) mass is 440 g/mol. The molecule has 1 amide bonds. The molecule has 1 atom stereocenters. The number of likely N-dealkylation sites (tertiary alicyclic amines) is 1. The average Bonchev–Trinajstić information content (AvgIpc) is 3.18. The summed E-state index contributed by atoms with van der Waals surface area (Å²) in [6, 6.07) is 16.5. The van der Waals surface area contributed by atoms with Crippen molar-refractivity contribution < 1.29 is 4.79 Å². The molecule has 0 saturated carbocycles. The van der Waals surface area contributed by atoms with Crippen LogP contribution in [0.2, 0.25) is 0 Å². The van der Waals surface area contributed by atoms with Crippen LogP contribution in [0, 0.1) is 6.92 Å². The zero-order valence-corrected chi connectivity index (χ0v) is 18.8. The molecule has 1 N–H and O–H groups in total. The van der Waals surface area contributed by atoms with Gasteiger partial charge in [0.2, 0.25) is 5.91 Å². The first-order chi connectivity index (χ1) is 16.2. The van der Waals surface area contributed by atoms with Gasteiger partial charge in [-0.1, -0.05) is 24.3 Å². The second-order valence-electron chi connectivity index (χ2n) is 8.59. The van der Waals surface area contributed by atoms with Crippen LogP contribution in [0.1, 0.15) is 36.6 Å². The molecular weight excluding hydrogens is 412 g/mol. The van der Waals surface area contributed by atoms with E-state index in [4.69, 9.17) is 4.98 Å². The number of fused-ring (bicyclic) bond motifs is 1. The van der Waals surface area contributed by atoms with Crippen molar-refractivity contribution >= 4 is 28.4 Å². The van der Waals surface area contributed by atoms with Crippen molar-refractivity contribution in [3.05, 3.63) is 78.5 Å². The molecule has 0 spiro atoms. The van der Waals surface area contributed by atoms with E-state index in [0.29, 0.717) is 25.3 Å². The minimum Gasteiger partial charge on any atom is -0.344 e. The maximum Gasteiger partial charge on any atom is 0.224 e. The summed E-state index contributed by atoms with van der Waals surface area (Å²) in [6.45, 7) is 4.34. The minimum atomic E-state index is 0.214. The number of amides is 1. The van der Waals surface area contributed by atoms with Crippen LogP contribution in [-0.2, 0) is 11.3 Å². The quantitative estimate of drug-likeness (QED) is 0.471. The number of rotatable bonds is 6. The van der Waals surface area contributed by atoms with Gasteiger partial charge in [0.05, 0.1) is 6.20 Å². The van der Waals surface area contributed by atoms with Gasteiger partial charge in [-0.05, 0) is 49.4 Å². The molecule has 7 heteroatoms. The minimum absolute atomic E-state index is 0.214. The number of carbonyl (C=O) groups excluding carboxylic acids is 1. The predicted molar refractivity (Wildman–Crippen MR) is 129 cm³/mol. The highest BCUT2D eigenvalue weighted by Gasteiger charge is 2.25. The summed E-state index contributed by atoms with van der Waals surface area (Å²) >= 11 is 0. The molecule has 0 aliphatic carbocycles. The second kappa shape index (κ2) is 9.40. The van der Waals surface area contributed by atoms with Gasteiger partial charge in [0.25, 0.3) is 0 Å². The van der Waals surface area contributed by atoms with Gasteiger partial charge in [0.15, 0.2) is 0 Å². The highest BCUT2D eigenvalue weighted by atomic mass is 16.2. The van der Waals surface area contributed by atoms with E-state index in [1.54, 1.807) is 18.6 Å². The SMILES string of the molecule is Cc1cc2ccccc2n1CCC(=O)N1CCCC(c2cccc(Nc3cnccn3)n2)C1. The second-order valence-corrected chi connectivity index (χ2v) is 8.59. The summed E-state index contributed by atoms with van der Waals surface area (Å²) in [5.41, 5.74) is 3.39. The van der Waals surface area contributed by atoms with Crippen molar-refractivity contribution in [1.82, 2.24) is 24.4 Å². The van der Waals surface area contributed by atoms with E-state index in [1.165, 1.54) is 16.6 Å². The molecule has 3 aromatic heterocycles. The number of para-hydroxylation sites is 1. The third-order valence-corrected chi connectivity index (χ3v) is 6.35. The van der Waals surface area contributed by atoms with Crippen LogP contribution >= 0.6 is 0 Å². The lowest BCUT2D eigenvalue weighted by Crippen LogP contribution is -2.39. The fourth-order valence-electron chi connectivity index (χ4n) is 4.70. The molecule has 0 radical (unpaired) electrons. The van der Waals surface area contributed by atoms with Crippen molar-refractivity contribution in [2.45, 2.75) is 38.6 Å². The molecule has 1 fully saturated rings. The third-order valence-electron chi connectivity index (χ3n) is 6.35. The standard InChI is InChI=1S/C26H28N6O/c1-19-16-20-6-2-3-9-23(20)32(19)15-11-26(33)31-14-5-7-21(18-31)22-8-4-10-24(29-22)30-25-17-27-12-13-28-25/h2-4,6,8-10,12-13,16-17,21H,5,7,11,14-15,18H2,1H3,(H,28,29,30). The summed E-state index contributed by atoms with van der Waals surface area (Å²) in [5.74, 6) is 1.85. The van der Waals surface area contributed by atoms with Gasteiger partial charge < -0.3 is 14.8 Å². The Morgan fingerprint density at radius 2 is 2.03 bits per heavy atom. The first-order valence-corrected chi connectivity index (χ1v) is 11.5. The van der Waals surface area contributed by atoms with Gasteiger partial charge in [-0.2, -0.15) is 0 Å². The molecule has 7 nitrogen and oxygen atoms in total. The summed E-state index contributed by atoms with van der Waals surface area (Å²) in [7, 11) is 0. The van der Waals surface area contributed by atoms with E-state index in [1.807, 2.05) is 17.0 Å². The smallest absolute Gasteiger partial charge is 0.224 e. The number of hydrogen-bond donors (Lipinski definition) is 1. The topological polar surface area (TPSA) is 75.9 Å². The van der Waals surface area contributed by atoms with E-state index < -0.39 is 0 Å². The van der Waals surface area contributed by atoms with Gasteiger partial charge in [-0.3, -0.25) is 9.78 Å². The van der Waals surface area contributed by atoms with Crippen LogP contribution in [0.25, 0.3) is 10.9 Å². The van der Waals surface area contributed by atoms with Gasteiger partial charge in [0.1, 0.15) is 11.6 Å². The van der Waals surface area contributed by atoms with E-state index in [2.05, 4.69) is 63.2 Å². The number of aromatic nitrogens is 4. The van der Waals surface area contributed by atoms with E-state index in [-0.39, 0.29) is 11.8 Å². The molecule has 168 valence electrons. The number of anilines is 2. The first kappa shape index (κ1) is 21.1. The molecule has 1 aromatic carbocycles. The van der Waals surface area contributed by atoms with Gasteiger partial charge >= 0.3 is 0 Å².